The Balaban J connectivity index is 1.64. The Morgan fingerprint density at radius 1 is 1.32 bits per heavy atom. The number of benzene rings is 1. The van der Waals surface area contributed by atoms with E-state index in [-0.39, 0.29) is 5.91 Å². The van der Waals surface area contributed by atoms with Crippen molar-refractivity contribution >= 4 is 12.1 Å². The molecule has 25 heavy (non-hydrogen) atoms. The fraction of sp³-hybridized carbons (Fsp3) is 0.111. The lowest BCUT2D eigenvalue weighted by Gasteiger charge is -2.02. The van der Waals surface area contributed by atoms with Gasteiger partial charge in [0.05, 0.1) is 18.5 Å². The van der Waals surface area contributed by atoms with Gasteiger partial charge >= 0.3 is 0 Å². The molecule has 1 aromatic carbocycles. The van der Waals surface area contributed by atoms with Gasteiger partial charge in [-0.1, -0.05) is 6.07 Å². The third kappa shape index (κ3) is 4.29. The molecule has 2 heterocycles. The lowest BCUT2D eigenvalue weighted by molar-refractivity contribution is 0.0950. The van der Waals surface area contributed by atoms with Gasteiger partial charge in [-0.25, -0.2) is 5.43 Å². The van der Waals surface area contributed by atoms with Gasteiger partial charge in [0.1, 0.15) is 11.4 Å². The number of H-pyrrole nitrogens is 1. The molecule has 2 N–H and O–H groups in total. The number of carbonyl (C=O) groups is 1. The standard InChI is InChI=1S/C18H17N5O2/c1-2-25-15-7-5-14(6-8-15)16-10-17(22-21-16)18(24)23-20-12-13-4-3-9-19-11-13/h3-12H,2H2,1H3,(H,21,22)(H,23,24)/b20-12+. The number of ether oxygens (including phenoxy) is 1. The van der Waals surface area contributed by atoms with Crippen molar-refractivity contribution in [3.63, 3.8) is 0 Å². The van der Waals surface area contributed by atoms with Crippen LogP contribution in [0.4, 0.5) is 0 Å². The fourth-order valence-corrected chi connectivity index (χ4v) is 2.15. The minimum absolute atomic E-state index is 0.326. The van der Waals surface area contributed by atoms with Crippen molar-refractivity contribution in [1.29, 1.82) is 0 Å². The van der Waals surface area contributed by atoms with E-state index < -0.39 is 0 Å². The van der Waals surface area contributed by atoms with Gasteiger partial charge in [0.15, 0.2) is 0 Å². The van der Waals surface area contributed by atoms with Crippen LogP contribution in [0.5, 0.6) is 5.75 Å². The van der Waals surface area contributed by atoms with Crippen molar-refractivity contribution in [3.05, 3.63) is 66.1 Å². The van der Waals surface area contributed by atoms with E-state index in [0.717, 1.165) is 16.9 Å². The number of pyridine rings is 1. The molecule has 0 aliphatic rings. The van der Waals surface area contributed by atoms with Gasteiger partial charge in [-0.05, 0) is 43.3 Å². The molecular formula is C18H17N5O2. The fourth-order valence-electron chi connectivity index (χ4n) is 2.15. The Labute approximate surface area is 144 Å². The maximum Gasteiger partial charge on any atom is 0.289 e. The Kier molecular flexibility index (Phi) is 5.16. The molecule has 0 bridgehead atoms. The molecule has 0 fully saturated rings. The number of amides is 1. The molecule has 7 nitrogen and oxygen atoms in total. The van der Waals surface area contributed by atoms with E-state index in [1.54, 1.807) is 24.5 Å². The second kappa shape index (κ2) is 7.87. The van der Waals surface area contributed by atoms with Crippen LogP contribution in [-0.2, 0) is 0 Å². The van der Waals surface area contributed by atoms with Gasteiger partial charge < -0.3 is 4.74 Å². The third-order valence-electron chi connectivity index (χ3n) is 3.35. The van der Waals surface area contributed by atoms with Crippen LogP contribution >= 0.6 is 0 Å². The highest BCUT2D eigenvalue weighted by Crippen LogP contribution is 2.21. The maximum absolute atomic E-state index is 12.1. The Morgan fingerprint density at radius 2 is 2.16 bits per heavy atom. The first kappa shape index (κ1) is 16.4. The highest BCUT2D eigenvalue weighted by molar-refractivity contribution is 5.94. The summed E-state index contributed by atoms with van der Waals surface area (Å²) >= 11 is 0. The smallest absolute Gasteiger partial charge is 0.289 e. The molecule has 0 atom stereocenters. The molecule has 3 rings (SSSR count). The van der Waals surface area contributed by atoms with Gasteiger partial charge in [0, 0.05) is 23.5 Å². The second-order valence-electron chi connectivity index (χ2n) is 5.11. The normalized spacial score (nSPS) is 10.8. The summed E-state index contributed by atoms with van der Waals surface area (Å²) < 4.78 is 5.41. The number of rotatable bonds is 6. The van der Waals surface area contributed by atoms with E-state index in [2.05, 4.69) is 25.7 Å². The summed E-state index contributed by atoms with van der Waals surface area (Å²) in [5.41, 5.74) is 5.13. The quantitative estimate of drug-likeness (QED) is 0.535. The second-order valence-corrected chi connectivity index (χ2v) is 5.11. The number of nitrogens with zero attached hydrogens (tertiary/aromatic N) is 3. The highest BCUT2D eigenvalue weighted by Gasteiger charge is 2.10. The molecule has 0 aliphatic carbocycles. The SMILES string of the molecule is CCOc1ccc(-c2cc(C(=O)N/N=C/c3cccnc3)[nH]n2)cc1. The summed E-state index contributed by atoms with van der Waals surface area (Å²) in [5.74, 6) is 0.425. The van der Waals surface area contributed by atoms with Crippen LogP contribution < -0.4 is 10.2 Å². The zero-order valence-electron chi connectivity index (χ0n) is 13.6. The minimum Gasteiger partial charge on any atom is -0.494 e. The Hall–Kier alpha value is -3.48. The molecule has 7 heteroatoms. The molecular weight excluding hydrogens is 318 g/mol. The van der Waals surface area contributed by atoms with E-state index in [1.165, 1.54) is 6.21 Å². The number of aromatic nitrogens is 3. The highest BCUT2D eigenvalue weighted by atomic mass is 16.5. The van der Waals surface area contributed by atoms with Crippen molar-refractivity contribution in [2.24, 2.45) is 5.10 Å². The van der Waals surface area contributed by atoms with Crippen LogP contribution in [0.15, 0.2) is 60.0 Å². The van der Waals surface area contributed by atoms with Gasteiger partial charge in [0.25, 0.3) is 5.91 Å². The van der Waals surface area contributed by atoms with E-state index >= 15 is 0 Å². The van der Waals surface area contributed by atoms with Gasteiger partial charge in [-0.2, -0.15) is 10.2 Å². The van der Waals surface area contributed by atoms with Crippen LogP contribution in [-0.4, -0.2) is 33.9 Å². The average Bonchev–Trinajstić information content (AvgIpc) is 3.14. The van der Waals surface area contributed by atoms with Crippen molar-refractivity contribution in [1.82, 2.24) is 20.6 Å². The molecule has 0 saturated heterocycles. The predicted octanol–water partition coefficient (Wildman–Crippen LogP) is 2.63. The number of hydrogen-bond donors (Lipinski definition) is 2. The number of hydrazone groups is 1. The molecule has 0 aliphatic heterocycles. The van der Waals surface area contributed by atoms with Crippen LogP contribution in [0.3, 0.4) is 0 Å². The zero-order chi connectivity index (χ0) is 17.5. The lowest BCUT2D eigenvalue weighted by atomic mass is 10.1. The first-order chi connectivity index (χ1) is 12.3. The Bertz CT molecular complexity index is 857. The van der Waals surface area contributed by atoms with E-state index in [4.69, 9.17) is 4.74 Å². The van der Waals surface area contributed by atoms with Crippen molar-refractivity contribution in [3.8, 4) is 17.0 Å². The predicted molar refractivity (Wildman–Crippen MR) is 94.5 cm³/mol. The first-order valence-corrected chi connectivity index (χ1v) is 7.78. The van der Waals surface area contributed by atoms with Crippen LogP contribution in [0.2, 0.25) is 0 Å². The molecule has 126 valence electrons. The molecule has 0 radical (unpaired) electrons. The molecule has 0 spiro atoms. The summed E-state index contributed by atoms with van der Waals surface area (Å²) in [6.07, 6.45) is 4.84. The monoisotopic (exact) mass is 335 g/mol. The average molecular weight is 335 g/mol. The number of aromatic amines is 1. The molecule has 2 aromatic heterocycles. The number of carbonyl (C=O) groups excluding carboxylic acids is 1. The number of hydrogen-bond acceptors (Lipinski definition) is 5. The summed E-state index contributed by atoms with van der Waals surface area (Å²) in [5, 5.41) is 10.8. The van der Waals surface area contributed by atoms with E-state index in [1.807, 2.05) is 37.3 Å². The summed E-state index contributed by atoms with van der Waals surface area (Å²) in [6.45, 7) is 2.55. The molecule has 0 saturated carbocycles. The van der Waals surface area contributed by atoms with Gasteiger partial charge in [0.2, 0.25) is 0 Å². The van der Waals surface area contributed by atoms with Crippen molar-refractivity contribution in [2.75, 3.05) is 6.61 Å². The van der Waals surface area contributed by atoms with Gasteiger partial charge in [-0.15, -0.1) is 0 Å². The number of nitrogens with one attached hydrogen (secondary N) is 2. The minimum atomic E-state index is -0.371. The maximum atomic E-state index is 12.1. The van der Waals surface area contributed by atoms with Crippen LogP contribution in [0, 0.1) is 0 Å². The van der Waals surface area contributed by atoms with Crippen LogP contribution in [0.1, 0.15) is 23.0 Å². The summed E-state index contributed by atoms with van der Waals surface area (Å²) in [6, 6.07) is 12.8. The van der Waals surface area contributed by atoms with Crippen molar-refractivity contribution < 1.29 is 9.53 Å². The van der Waals surface area contributed by atoms with E-state index in [9.17, 15) is 4.79 Å². The largest absolute Gasteiger partial charge is 0.494 e. The summed E-state index contributed by atoms with van der Waals surface area (Å²) in [4.78, 5) is 16.1. The topological polar surface area (TPSA) is 92.3 Å². The lowest BCUT2D eigenvalue weighted by Crippen LogP contribution is -2.18. The molecule has 1 amide bonds. The van der Waals surface area contributed by atoms with Crippen molar-refractivity contribution in [2.45, 2.75) is 6.92 Å². The third-order valence-corrected chi connectivity index (χ3v) is 3.35. The molecule has 0 unspecified atom stereocenters. The first-order valence-electron chi connectivity index (χ1n) is 7.78. The Morgan fingerprint density at radius 3 is 2.88 bits per heavy atom. The van der Waals surface area contributed by atoms with Gasteiger partial charge in [-0.3, -0.25) is 14.9 Å². The zero-order valence-corrected chi connectivity index (χ0v) is 13.6. The van der Waals surface area contributed by atoms with Crippen LogP contribution in [0.25, 0.3) is 11.3 Å². The van der Waals surface area contributed by atoms with E-state index in [0.29, 0.717) is 18.0 Å². The molecule has 3 aromatic rings. The summed E-state index contributed by atoms with van der Waals surface area (Å²) in [7, 11) is 0.